The summed E-state index contributed by atoms with van der Waals surface area (Å²) in [6.45, 7) is 2.59. The van der Waals surface area contributed by atoms with Gasteiger partial charge in [0.25, 0.3) is 0 Å². The molecule has 3 nitrogen and oxygen atoms in total. The van der Waals surface area contributed by atoms with Gasteiger partial charge >= 0.3 is 0 Å². The second-order valence-corrected chi connectivity index (χ2v) is 9.28. The van der Waals surface area contributed by atoms with Crippen LogP contribution in [-0.2, 0) is 11.3 Å². The van der Waals surface area contributed by atoms with Crippen LogP contribution in [0.1, 0.15) is 50.2 Å². The number of fused-ring (bicyclic) bond motifs is 1. The van der Waals surface area contributed by atoms with Crippen LogP contribution in [0.25, 0.3) is 6.08 Å². The number of benzene rings is 3. The lowest BCUT2D eigenvalue weighted by Gasteiger charge is -2.35. The van der Waals surface area contributed by atoms with E-state index < -0.39 is 0 Å². The Balaban J connectivity index is 1.53. The van der Waals surface area contributed by atoms with Gasteiger partial charge in [-0.3, -0.25) is 4.79 Å². The lowest BCUT2D eigenvalue weighted by molar-refractivity contribution is -0.120. The molecule has 1 fully saturated rings. The minimum atomic E-state index is -0.191. The van der Waals surface area contributed by atoms with Gasteiger partial charge in [0.2, 0.25) is 5.91 Å². The number of hydrogen-bond acceptors (Lipinski definition) is 1. The second-order valence-electron chi connectivity index (χ2n) is 9.28. The predicted molar refractivity (Wildman–Crippen MR) is 133 cm³/mol. The van der Waals surface area contributed by atoms with Crippen LogP contribution < -0.4 is 9.80 Å². The van der Waals surface area contributed by atoms with Gasteiger partial charge in [0.15, 0.2) is 5.69 Å². The number of nitrogens with zero attached hydrogens (tertiary/aromatic N) is 1. The Hall–Kier alpha value is -3.24. The summed E-state index contributed by atoms with van der Waals surface area (Å²) in [5.41, 5.74) is 5.87. The van der Waals surface area contributed by atoms with Crippen LogP contribution >= 0.6 is 0 Å². The molecule has 1 aliphatic heterocycles. The molecule has 1 amide bonds. The number of allylic oxidation sites excluding steroid dienone is 1. The van der Waals surface area contributed by atoms with Gasteiger partial charge in [-0.2, -0.15) is 0 Å². The molecule has 3 aromatic carbocycles. The highest BCUT2D eigenvalue weighted by Crippen LogP contribution is 2.49. The largest absolute Gasteiger partial charge is 0.326 e. The number of hydrogen-bond donors (Lipinski definition) is 1. The minimum Gasteiger partial charge on any atom is -0.326 e. The van der Waals surface area contributed by atoms with Crippen LogP contribution in [0.4, 0.5) is 21.5 Å². The van der Waals surface area contributed by atoms with Crippen molar-refractivity contribution in [2.75, 3.05) is 5.32 Å². The lowest BCUT2D eigenvalue weighted by Crippen LogP contribution is -2.40. The van der Waals surface area contributed by atoms with Crippen LogP contribution in [0.5, 0.6) is 0 Å². The first-order chi connectivity index (χ1) is 16.1. The van der Waals surface area contributed by atoms with Crippen LogP contribution in [0.2, 0.25) is 0 Å². The van der Waals surface area contributed by atoms with Crippen LogP contribution in [-0.4, -0.2) is 5.91 Å². The molecule has 5 rings (SSSR count). The van der Waals surface area contributed by atoms with E-state index in [-0.39, 0.29) is 17.6 Å². The van der Waals surface area contributed by atoms with Crippen molar-refractivity contribution >= 4 is 29.0 Å². The fraction of sp³-hybridized carbons (Fsp3) is 0.276. The summed E-state index contributed by atoms with van der Waals surface area (Å²) in [5, 5.41) is 3.15. The number of carbonyl (C=O) groups is 1. The van der Waals surface area contributed by atoms with Gasteiger partial charge in [0.05, 0.1) is 0 Å². The van der Waals surface area contributed by atoms with Gasteiger partial charge in [-0.25, -0.2) is 8.87 Å². The maximum Gasteiger partial charge on any atom is 0.227 e. The molecule has 1 N–H and O–H groups in total. The fourth-order valence-corrected chi connectivity index (χ4v) is 5.44. The lowest BCUT2D eigenvalue weighted by atomic mass is 9.88. The molecule has 0 radical (unpaired) electrons. The van der Waals surface area contributed by atoms with Crippen molar-refractivity contribution in [3.05, 3.63) is 95.4 Å². The van der Waals surface area contributed by atoms with E-state index in [0.717, 1.165) is 54.0 Å². The minimum absolute atomic E-state index is 0.115. The van der Waals surface area contributed by atoms with E-state index in [0.29, 0.717) is 16.6 Å². The van der Waals surface area contributed by atoms with E-state index in [1.807, 2.05) is 36.4 Å². The summed E-state index contributed by atoms with van der Waals surface area (Å²) < 4.78 is 15.2. The molecule has 4 heteroatoms. The molecule has 3 aromatic rings. The topological polar surface area (TPSA) is 29.1 Å². The Morgan fingerprint density at radius 2 is 1.70 bits per heavy atom. The van der Waals surface area contributed by atoms with E-state index in [2.05, 4.69) is 42.6 Å². The molecule has 2 aliphatic rings. The molecule has 1 unspecified atom stereocenters. The van der Waals surface area contributed by atoms with E-state index >= 15 is 0 Å². The number of halogens is 1. The summed E-state index contributed by atoms with van der Waals surface area (Å²) in [7, 11) is 0. The number of rotatable bonds is 5. The first kappa shape index (κ1) is 21.6. The Morgan fingerprint density at radius 3 is 2.45 bits per heavy atom. The van der Waals surface area contributed by atoms with Crippen LogP contribution in [0, 0.1) is 11.7 Å². The van der Waals surface area contributed by atoms with Crippen molar-refractivity contribution in [3.8, 4) is 0 Å². The van der Waals surface area contributed by atoms with Crippen LogP contribution in [0.15, 0.2) is 78.5 Å². The molecule has 0 saturated heterocycles. The monoisotopic (exact) mass is 441 g/mol. The first-order valence-corrected chi connectivity index (χ1v) is 11.9. The van der Waals surface area contributed by atoms with Crippen molar-refractivity contribution in [1.82, 2.24) is 4.48 Å². The fourth-order valence-electron chi connectivity index (χ4n) is 5.44. The van der Waals surface area contributed by atoms with Gasteiger partial charge in [-0.05, 0) is 43.2 Å². The molecule has 1 saturated carbocycles. The molecule has 1 heterocycles. The quantitative estimate of drug-likeness (QED) is 0.407. The maximum absolute atomic E-state index is 14.7. The standard InChI is InChI=1S/C29H29FN2O/c1-21-18-24-19-25(31-29(33)22-10-4-2-5-11-22)16-17-28(24)32(21,26-13-6-3-7-14-26)20-23-12-8-9-15-27(23)30/h3,6-9,12-19,22H,2,4-5,10-11,20H2,1H3/p+1. The number of anilines is 1. The Kier molecular flexibility index (Phi) is 5.86. The van der Waals surface area contributed by atoms with E-state index in [4.69, 9.17) is 0 Å². The molecule has 0 aromatic heterocycles. The molecule has 33 heavy (non-hydrogen) atoms. The predicted octanol–water partition coefficient (Wildman–Crippen LogP) is 7.56. The third kappa shape index (κ3) is 4.00. The maximum atomic E-state index is 14.7. The van der Waals surface area contributed by atoms with Crippen molar-refractivity contribution in [2.45, 2.75) is 45.6 Å². The summed E-state index contributed by atoms with van der Waals surface area (Å²) in [5.74, 6) is 0.0524. The number of para-hydroxylation sites is 1. The molecular formula is C29H30FN2O+. The van der Waals surface area contributed by atoms with Gasteiger partial charge in [0, 0.05) is 41.8 Å². The summed E-state index contributed by atoms with van der Waals surface area (Å²) >= 11 is 0. The normalized spacial score (nSPS) is 20.2. The zero-order chi connectivity index (χ0) is 22.8. The first-order valence-electron chi connectivity index (χ1n) is 11.9. The number of nitrogens with one attached hydrogen (secondary N) is 1. The average molecular weight is 442 g/mol. The zero-order valence-corrected chi connectivity index (χ0v) is 19.1. The van der Waals surface area contributed by atoms with Crippen molar-refractivity contribution in [3.63, 3.8) is 0 Å². The van der Waals surface area contributed by atoms with E-state index in [1.165, 1.54) is 12.5 Å². The Morgan fingerprint density at radius 1 is 0.970 bits per heavy atom. The third-order valence-electron chi connectivity index (χ3n) is 7.21. The van der Waals surface area contributed by atoms with Gasteiger partial charge in [0.1, 0.15) is 23.7 Å². The molecule has 0 bridgehead atoms. The molecule has 1 atom stereocenters. The molecular weight excluding hydrogens is 411 g/mol. The summed E-state index contributed by atoms with van der Waals surface area (Å²) in [4.78, 5) is 12.8. The molecule has 1 aliphatic carbocycles. The van der Waals surface area contributed by atoms with Crippen molar-refractivity contribution in [1.29, 1.82) is 0 Å². The third-order valence-corrected chi connectivity index (χ3v) is 7.21. The second kappa shape index (κ2) is 8.95. The zero-order valence-electron chi connectivity index (χ0n) is 19.1. The summed E-state index contributed by atoms with van der Waals surface area (Å²) in [6, 6.07) is 23.4. The molecule has 0 spiro atoms. The highest BCUT2D eigenvalue weighted by Gasteiger charge is 2.42. The highest BCUT2D eigenvalue weighted by molar-refractivity contribution is 5.94. The SMILES string of the molecule is CC1=Cc2cc(NC(=O)C3CCCCC3)ccc2[N+]1(Cc1ccccc1F)c1ccccc1. The Labute approximate surface area is 195 Å². The number of amides is 1. The smallest absolute Gasteiger partial charge is 0.227 e. The average Bonchev–Trinajstić information content (AvgIpc) is 3.12. The number of carbonyl (C=O) groups excluding carboxylic acids is 1. The van der Waals surface area contributed by atoms with Gasteiger partial charge < -0.3 is 5.32 Å². The highest BCUT2D eigenvalue weighted by atomic mass is 19.1. The number of quaternary nitrogens is 1. The molecule has 168 valence electrons. The Bertz CT molecular complexity index is 1200. The van der Waals surface area contributed by atoms with Crippen molar-refractivity contribution < 1.29 is 9.18 Å². The van der Waals surface area contributed by atoms with Crippen molar-refractivity contribution in [2.24, 2.45) is 5.92 Å². The van der Waals surface area contributed by atoms with E-state index in [9.17, 15) is 9.18 Å². The van der Waals surface area contributed by atoms with Gasteiger partial charge in [-0.1, -0.05) is 55.7 Å². The van der Waals surface area contributed by atoms with Crippen LogP contribution in [0.3, 0.4) is 0 Å². The summed E-state index contributed by atoms with van der Waals surface area (Å²) in [6.07, 6.45) is 7.63. The van der Waals surface area contributed by atoms with E-state index in [1.54, 1.807) is 6.07 Å². The van der Waals surface area contributed by atoms with Gasteiger partial charge in [-0.15, -0.1) is 0 Å².